The van der Waals surface area contributed by atoms with Crippen LogP contribution in [0.3, 0.4) is 0 Å². The molecule has 3 heterocycles. The van der Waals surface area contributed by atoms with Crippen molar-refractivity contribution in [2.24, 2.45) is 5.73 Å². The minimum absolute atomic E-state index is 0.108. The summed E-state index contributed by atoms with van der Waals surface area (Å²) in [6.07, 6.45) is 5.76. The van der Waals surface area contributed by atoms with Crippen LogP contribution in [0.15, 0.2) is 18.2 Å². The molecule has 31 heavy (non-hydrogen) atoms. The van der Waals surface area contributed by atoms with E-state index in [-0.39, 0.29) is 18.5 Å². The van der Waals surface area contributed by atoms with E-state index in [0.717, 1.165) is 67.7 Å². The highest BCUT2D eigenvalue weighted by atomic mass is 32.1. The van der Waals surface area contributed by atoms with E-state index in [4.69, 9.17) is 15.2 Å². The number of nitrogens with one attached hydrogen (secondary N) is 1. The number of likely N-dealkylation sites (tertiary alicyclic amines) is 1. The highest BCUT2D eigenvalue weighted by Gasteiger charge is 2.30. The number of ether oxygens (including phenoxy) is 2. The molecule has 1 atom stereocenters. The number of amides is 2. The van der Waals surface area contributed by atoms with Gasteiger partial charge in [-0.05, 0) is 61.9 Å². The molecule has 1 aliphatic carbocycles. The molecule has 2 aromatic rings. The van der Waals surface area contributed by atoms with Crippen LogP contribution < -0.4 is 20.5 Å². The highest BCUT2D eigenvalue weighted by molar-refractivity contribution is 7.17. The van der Waals surface area contributed by atoms with Gasteiger partial charge in [0.1, 0.15) is 5.00 Å². The molecule has 1 unspecified atom stereocenters. The van der Waals surface area contributed by atoms with E-state index in [1.54, 1.807) is 0 Å². The number of hydrogen-bond donors (Lipinski definition) is 2. The third kappa shape index (κ3) is 4.02. The smallest absolute Gasteiger partial charge is 0.251 e. The number of carbonyl (C=O) groups excluding carboxylic acids is 2. The molecule has 0 spiro atoms. The SMILES string of the molecule is NC(=O)c1c(NC(=O)CN2CCCC2c2ccc3c(c2)OCCCO3)sc2c1CCC2. The first-order valence-corrected chi connectivity index (χ1v) is 11.8. The highest BCUT2D eigenvalue weighted by Crippen LogP contribution is 2.40. The van der Waals surface area contributed by atoms with Crippen molar-refractivity contribution < 1.29 is 19.1 Å². The molecule has 3 N–H and O–H groups in total. The van der Waals surface area contributed by atoms with Gasteiger partial charge in [-0.25, -0.2) is 0 Å². The van der Waals surface area contributed by atoms with Crippen LogP contribution in [0.25, 0.3) is 0 Å². The Kier molecular flexibility index (Phi) is 5.58. The van der Waals surface area contributed by atoms with Gasteiger partial charge < -0.3 is 20.5 Å². The zero-order valence-electron chi connectivity index (χ0n) is 17.4. The summed E-state index contributed by atoms with van der Waals surface area (Å²) in [5.41, 5.74) is 8.29. The molecule has 7 nitrogen and oxygen atoms in total. The maximum absolute atomic E-state index is 12.9. The minimum Gasteiger partial charge on any atom is -0.490 e. The van der Waals surface area contributed by atoms with E-state index in [1.807, 2.05) is 6.07 Å². The molecule has 0 bridgehead atoms. The molecular weight excluding hydrogens is 414 g/mol. The summed E-state index contributed by atoms with van der Waals surface area (Å²) in [5, 5.41) is 3.58. The molecule has 1 aromatic heterocycles. The number of fused-ring (bicyclic) bond motifs is 2. The number of carbonyl (C=O) groups is 2. The summed E-state index contributed by atoms with van der Waals surface area (Å²) in [4.78, 5) is 28.2. The van der Waals surface area contributed by atoms with E-state index < -0.39 is 5.91 Å². The van der Waals surface area contributed by atoms with Gasteiger partial charge in [0.15, 0.2) is 11.5 Å². The van der Waals surface area contributed by atoms with Crippen LogP contribution in [-0.4, -0.2) is 43.0 Å². The van der Waals surface area contributed by atoms with Crippen molar-refractivity contribution in [2.45, 2.75) is 44.6 Å². The quantitative estimate of drug-likeness (QED) is 0.743. The Labute approximate surface area is 185 Å². The van der Waals surface area contributed by atoms with Gasteiger partial charge in [-0.15, -0.1) is 11.3 Å². The molecule has 1 fully saturated rings. The van der Waals surface area contributed by atoms with Crippen LogP contribution in [0.4, 0.5) is 5.00 Å². The van der Waals surface area contributed by atoms with E-state index in [2.05, 4.69) is 22.3 Å². The maximum atomic E-state index is 12.9. The van der Waals surface area contributed by atoms with Crippen LogP contribution in [0.2, 0.25) is 0 Å². The summed E-state index contributed by atoms with van der Waals surface area (Å²) in [6, 6.07) is 6.26. The standard InChI is InChI=1S/C23H27N3O4S/c24-22(28)21-15-4-1-6-19(15)31-23(21)25-20(27)13-26-9-2-5-16(26)14-7-8-17-18(12-14)30-11-3-10-29-17/h7-8,12,16H,1-6,9-11,13H2,(H2,24,28)(H,25,27). The van der Waals surface area contributed by atoms with Gasteiger partial charge in [0.25, 0.3) is 5.91 Å². The summed E-state index contributed by atoms with van der Waals surface area (Å²) in [7, 11) is 0. The lowest BCUT2D eigenvalue weighted by Crippen LogP contribution is -2.33. The molecular formula is C23H27N3O4S. The van der Waals surface area contributed by atoms with Crippen molar-refractivity contribution in [3.05, 3.63) is 39.8 Å². The Bertz CT molecular complexity index is 1020. The van der Waals surface area contributed by atoms with Crippen molar-refractivity contribution in [3.8, 4) is 11.5 Å². The zero-order valence-corrected chi connectivity index (χ0v) is 18.3. The summed E-state index contributed by atoms with van der Waals surface area (Å²) >= 11 is 1.50. The number of primary amides is 1. The normalized spacial score (nSPS) is 20.3. The maximum Gasteiger partial charge on any atom is 0.251 e. The van der Waals surface area contributed by atoms with Gasteiger partial charge in [-0.2, -0.15) is 0 Å². The first-order chi connectivity index (χ1) is 15.1. The average Bonchev–Trinajstić information content (AvgIpc) is 3.40. The number of nitrogens with zero attached hydrogens (tertiary/aromatic N) is 1. The van der Waals surface area contributed by atoms with Gasteiger partial charge in [-0.1, -0.05) is 6.07 Å². The van der Waals surface area contributed by atoms with Gasteiger partial charge in [0.05, 0.1) is 25.3 Å². The van der Waals surface area contributed by atoms with E-state index in [0.29, 0.717) is 23.8 Å². The lowest BCUT2D eigenvalue weighted by Gasteiger charge is -2.25. The molecule has 1 saturated heterocycles. The number of benzene rings is 1. The topological polar surface area (TPSA) is 93.9 Å². The predicted molar refractivity (Wildman–Crippen MR) is 119 cm³/mol. The van der Waals surface area contributed by atoms with Crippen molar-refractivity contribution in [2.75, 3.05) is 31.6 Å². The van der Waals surface area contributed by atoms with Gasteiger partial charge >= 0.3 is 0 Å². The third-order valence-electron chi connectivity index (χ3n) is 6.29. The fourth-order valence-corrected chi connectivity index (χ4v) is 6.19. The Hall–Kier alpha value is -2.58. The average molecular weight is 442 g/mol. The van der Waals surface area contributed by atoms with Gasteiger partial charge in [0, 0.05) is 17.3 Å². The number of anilines is 1. The van der Waals surface area contributed by atoms with Crippen LogP contribution in [0.1, 0.15) is 58.1 Å². The predicted octanol–water partition coefficient (Wildman–Crippen LogP) is 3.27. The number of hydrogen-bond acceptors (Lipinski definition) is 6. The number of thiophene rings is 1. The molecule has 8 heteroatoms. The molecule has 5 rings (SSSR count). The second-order valence-corrected chi connectivity index (χ2v) is 9.46. The summed E-state index contributed by atoms with van der Waals surface area (Å²) < 4.78 is 11.6. The van der Waals surface area contributed by atoms with Crippen molar-refractivity contribution in [1.29, 1.82) is 0 Å². The Balaban J connectivity index is 1.30. The number of aryl methyl sites for hydroxylation is 1. The summed E-state index contributed by atoms with van der Waals surface area (Å²) in [5.74, 6) is 1.00. The first kappa shape index (κ1) is 20.3. The van der Waals surface area contributed by atoms with Crippen molar-refractivity contribution in [3.63, 3.8) is 0 Å². The Morgan fingerprint density at radius 3 is 2.81 bits per heavy atom. The van der Waals surface area contributed by atoms with Gasteiger partial charge in [-0.3, -0.25) is 14.5 Å². The summed E-state index contributed by atoms with van der Waals surface area (Å²) in [6.45, 7) is 2.46. The fraction of sp³-hybridized carbons (Fsp3) is 0.478. The fourth-order valence-electron chi connectivity index (χ4n) is 4.88. The van der Waals surface area contributed by atoms with Crippen molar-refractivity contribution in [1.82, 2.24) is 4.90 Å². The van der Waals surface area contributed by atoms with Crippen LogP contribution in [-0.2, 0) is 17.6 Å². The largest absolute Gasteiger partial charge is 0.490 e. The lowest BCUT2D eigenvalue weighted by molar-refractivity contribution is -0.117. The minimum atomic E-state index is -0.457. The molecule has 3 aliphatic rings. The molecule has 1 aromatic carbocycles. The molecule has 2 aliphatic heterocycles. The van der Waals surface area contributed by atoms with Crippen LogP contribution in [0.5, 0.6) is 11.5 Å². The van der Waals surface area contributed by atoms with Crippen molar-refractivity contribution >= 4 is 28.2 Å². The molecule has 2 amide bonds. The lowest BCUT2D eigenvalue weighted by atomic mass is 10.0. The molecule has 0 radical (unpaired) electrons. The Morgan fingerprint density at radius 2 is 1.97 bits per heavy atom. The van der Waals surface area contributed by atoms with E-state index in [1.165, 1.54) is 16.2 Å². The van der Waals surface area contributed by atoms with Crippen LogP contribution >= 0.6 is 11.3 Å². The monoisotopic (exact) mass is 441 g/mol. The number of rotatable bonds is 5. The zero-order chi connectivity index (χ0) is 21.4. The third-order valence-corrected chi connectivity index (χ3v) is 7.49. The first-order valence-electron chi connectivity index (χ1n) is 11.0. The van der Waals surface area contributed by atoms with Gasteiger partial charge in [0.2, 0.25) is 5.91 Å². The van der Waals surface area contributed by atoms with E-state index >= 15 is 0 Å². The van der Waals surface area contributed by atoms with E-state index in [9.17, 15) is 9.59 Å². The Morgan fingerprint density at radius 1 is 1.13 bits per heavy atom. The molecule has 164 valence electrons. The second kappa shape index (κ2) is 8.51. The number of nitrogens with two attached hydrogens (primary N) is 1. The second-order valence-electron chi connectivity index (χ2n) is 8.36. The van der Waals surface area contributed by atoms with Crippen LogP contribution in [0, 0.1) is 0 Å². The molecule has 0 saturated carbocycles.